The van der Waals surface area contributed by atoms with E-state index in [1.165, 1.54) is 12.3 Å². The van der Waals surface area contributed by atoms with Gasteiger partial charge >= 0.3 is 0 Å². The summed E-state index contributed by atoms with van der Waals surface area (Å²) in [6.07, 6.45) is 3.51. The number of carbonyl (C=O) groups is 1. The van der Waals surface area contributed by atoms with Crippen LogP contribution in [0.25, 0.3) is 0 Å². The molecule has 0 aromatic carbocycles. The van der Waals surface area contributed by atoms with Gasteiger partial charge < -0.3 is 4.90 Å². The van der Waals surface area contributed by atoms with Gasteiger partial charge in [0.05, 0.1) is 11.8 Å². The van der Waals surface area contributed by atoms with E-state index < -0.39 is 5.82 Å². The van der Waals surface area contributed by atoms with Crippen molar-refractivity contribution < 1.29 is 9.18 Å². The second kappa shape index (κ2) is 4.20. The van der Waals surface area contributed by atoms with E-state index in [2.05, 4.69) is 11.9 Å². The molecule has 3 nitrogen and oxygen atoms in total. The minimum Gasteiger partial charge on any atom is -0.336 e. The standard InChI is InChI=1S/C12H15FN2O/c1-8-5-9(2)15(7-8)12(16)10-3-4-14-6-11(10)13/h3-4,6,8-9H,5,7H2,1-2H3. The van der Waals surface area contributed by atoms with Crippen molar-refractivity contribution in [3.63, 3.8) is 0 Å². The van der Waals surface area contributed by atoms with Gasteiger partial charge in [-0.1, -0.05) is 6.92 Å². The number of carbonyl (C=O) groups excluding carboxylic acids is 1. The maximum absolute atomic E-state index is 13.4. The van der Waals surface area contributed by atoms with Gasteiger partial charge in [-0.3, -0.25) is 9.78 Å². The van der Waals surface area contributed by atoms with Crippen LogP contribution in [0.1, 0.15) is 30.6 Å². The molecule has 0 bridgehead atoms. The van der Waals surface area contributed by atoms with Gasteiger partial charge in [0.25, 0.3) is 5.91 Å². The summed E-state index contributed by atoms with van der Waals surface area (Å²) in [5.41, 5.74) is 0.121. The minimum atomic E-state index is -0.542. The quantitative estimate of drug-likeness (QED) is 0.729. The van der Waals surface area contributed by atoms with E-state index in [4.69, 9.17) is 0 Å². The van der Waals surface area contributed by atoms with Crippen LogP contribution >= 0.6 is 0 Å². The fourth-order valence-electron chi connectivity index (χ4n) is 2.29. The normalized spacial score (nSPS) is 24.8. The summed E-state index contributed by atoms with van der Waals surface area (Å²) in [6, 6.07) is 1.63. The monoisotopic (exact) mass is 222 g/mol. The van der Waals surface area contributed by atoms with Crippen molar-refractivity contribution in [2.45, 2.75) is 26.3 Å². The first-order valence-corrected chi connectivity index (χ1v) is 5.50. The molecule has 1 aliphatic heterocycles. The first-order valence-electron chi connectivity index (χ1n) is 5.50. The largest absolute Gasteiger partial charge is 0.336 e. The molecule has 16 heavy (non-hydrogen) atoms. The molecule has 0 N–H and O–H groups in total. The second-order valence-electron chi connectivity index (χ2n) is 4.50. The molecule has 1 fully saturated rings. The van der Waals surface area contributed by atoms with Crippen LogP contribution in [0.3, 0.4) is 0 Å². The predicted molar refractivity (Wildman–Crippen MR) is 58.5 cm³/mol. The molecular formula is C12H15FN2O. The zero-order valence-electron chi connectivity index (χ0n) is 9.48. The lowest BCUT2D eigenvalue weighted by Gasteiger charge is -2.21. The fourth-order valence-corrected chi connectivity index (χ4v) is 2.29. The summed E-state index contributed by atoms with van der Waals surface area (Å²) >= 11 is 0. The highest BCUT2D eigenvalue weighted by molar-refractivity contribution is 5.94. The van der Waals surface area contributed by atoms with E-state index in [-0.39, 0.29) is 17.5 Å². The molecule has 4 heteroatoms. The summed E-state index contributed by atoms with van der Waals surface area (Å²) < 4.78 is 13.4. The molecule has 2 atom stereocenters. The lowest BCUT2D eigenvalue weighted by Crippen LogP contribution is -2.34. The number of hydrogen-bond acceptors (Lipinski definition) is 2. The molecule has 1 aliphatic rings. The first-order chi connectivity index (χ1) is 7.59. The molecule has 1 aromatic rings. The Morgan fingerprint density at radius 2 is 2.31 bits per heavy atom. The summed E-state index contributed by atoms with van der Waals surface area (Å²) in [5, 5.41) is 0. The van der Waals surface area contributed by atoms with Crippen molar-refractivity contribution >= 4 is 5.91 Å². The first kappa shape index (κ1) is 11.0. The van der Waals surface area contributed by atoms with E-state index in [1.54, 1.807) is 4.90 Å². The number of hydrogen-bond donors (Lipinski definition) is 0. The molecule has 0 aliphatic carbocycles. The van der Waals surface area contributed by atoms with Crippen LogP contribution in [0, 0.1) is 11.7 Å². The van der Waals surface area contributed by atoms with Gasteiger partial charge in [0.1, 0.15) is 0 Å². The maximum Gasteiger partial charge on any atom is 0.257 e. The zero-order chi connectivity index (χ0) is 11.7. The average molecular weight is 222 g/mol. The molecule has 0 radical (unpaired) electrons. The molecule has 0 spiro atoms. The topological polar surface area (TPSA) is 33.2 Å². The molecule has 86 valence electrons. The third-order valence-electron chi connectivity index (χ3n) is 3.05. The number of rotatable bonds is 1. The van der Waals surface area contributed by atoms with E-state index >= 15 is 0 Å². The molecule has 0 saturated carbocycles. The van der Waals surface area contributed by atoms with Gasteiger partial charge in [0.2, 0.25) is 0 Å². The fraction of sp³-hybridized carbons (Fsp3) is 0.500. The van der Waals surface area contributed by atoms with E-state index in [1.807, 2.05) is 6.92 Å². The summed E-state index contributed by atoms with van der Waals surface area (Å²) in [7, 11) is 0. The van der Waals surface area contributed by atoms with Crippen LogP contribution < -0.4 is 0 Å². The highest BCUT2D eigenvalue weighted by Gasteiger charge is 2.31. The Labute approximate surface area is 94.3 Å². The Hall–Kier alpha value is -1.45. The summed E-state index contributed by atoms with van der Waals surface area (Å²) in [5.74, 6) is -0.278. The lowest BCUT2D eigenvalue weighted by atomic mass is 10.1. The Bertz CT molecular complexity index is 408. The average Bonchev–Trinajstić information content (AvgIpc) is 2.58. The van der Waals surface area contributed by atoms with Gasteiger partial charge in [-0.05, 0) is 25.3 Å². The van der Waals surface area contributed by atoms with Gasteiger partial charge in [-0.15, -0.1) is 0 Å². The number of halogens is 1. The highest BCUT2D eigenvalue weighted by atomic mass is 19.1. The number of pyridine rings is 1. The van der Waals surface area contributed by atoms with Gasteiger partial charge in [-0.2, -0.15) is 0 Å². The van der Waals surface area contributed by atoms with E-state index in [0.717, 1.165) is 12.6 Å². The molecule has 1 saturated heterocycles. The van der Waals surface area contributed by atoms with Crippen molar-refractivity contribution in [3.05, 3.63) is 29.8 Å². The smallest absolute Gasteiger partial charge is 0.257 e. The van der Waals surface area contributed by atoms with Crippen LogP contribution in [-0.4, -0.2) is 28.4 Å². The Balaban J connectivity index is 2.23. The third kappa shape index (κ3) is 1.92. The van der Waals surface area contributed by atoms with Crippen molar-refractivity contribution in [3.8, 4) is 0 Å². The Morgan fingerprint density at radius 3 is 2.88 bits per heavy atom. The van der Waals surface area contributed by atoms with Gasteiger partial charge in [0, 0.05) is 18.8 Å². The molecular weight excluding hydrogens is 207 g/mol. The summed E-state index contributed by atoms with van der Waals surface area (Å²) in [4.78, 5) is 17.5. The second-order valence-corrected chi connectivity index (χ2v) is 4.50. The van der Waals surface area contributed by atoms with Gasteiger partial charge in [0.15, 0.2) is 5.82 Å². The predicted octanol–water partition coefficient (Wildman–Crippen LogP) is 2.09. The Morgan fingerprint density at radius 1 is 1.56 bits per heavy atom. The Kier molecular flexibility index (Phi) is 2.90. The minimum absolute atomic E-state index is 0.121. The molecule has 2 unspecified atom stereocenters. The van der Waals surface area contributed by atoms with Crippen molar-refractivity contribution in [1.29, 1.82) is 0 Å². The van der Waals surface area contributed by atoms with Gasteiger partial charge in [-0.25, -0.2) is 4.39 Å². The van der Waals surface area contributed by atoms with E-state index in [9.17, 15) is 9.18 Å². The number of amides is 1. The third-order valence-corrected chi connectivity index (χ3v) is 3.05. The van der Waals surface area contributed by atoms with Crippen LogP contribution in [-0.2, 0) is 0 Å². The zero-order valence-corrected chi connectivity index (χ0v) is 9.48. The molecule has 2 heterocycles. The number of likely N-dealkylation sites (tertiary alicyclic amines) is 1. The maximum atomic E-state index is 13.4. The van der Waals surface area contributed by atoms with E-state index in [0.29, 0.717) is 12.5 Å². The van der Waals surface area contributed by atoms with Crippen molar-refractivity contribution in [2.24, 2.45) is 5.92 Å². The number of nitrogens with zero attached hydrogens (tertiary/aromatic N) is 2. The van der Waals surface area contributed by atoms with Crippen LogP contribution in [0.5, 0.6) is 0 Å². The van der Waals surface area contributed by atoms with Crippen LogP contribution in [0.15, 0.2) is 18.5 Å². The number of aromatic nitrogens is 1. The molecule has 1 aromatic heterocycles. The van der Waals surface area contributed by atoms with Crippen molar-refractivity contribution in [2.75, 3.05) is 6.54 Å². The molecule has 2 rings (SSSR count). The molecule has 1 amide bonds. The summed E-state index contributed by atoms with van der Waals surface area (Å²) in [6.45, 7) is 4.81. The highest BCUT2D eigenvalue weighted by Crippen LogP contribution is 2.24. The van der Waals surface area contributed by atoms with Crippen LogP contribution in [0.4, 0.5) is 4.39 Å². The lowest BCUT2D eigenvalue weighted by molar-refractivity contribution is 0.0739. The SMILES string of the molecule is CC1CC(C)N(C(=O)c2ccncc2F)C1. The van der Waals surface area contributed by atoms with Crippen molar-refractivity contribution in [1.82, 2.24) is 9.88 Å². The van der Waals surface area contributed by atoms with Crippen LogP contribution in [0.2, 0.25) is 0 Å².